The van der Waals surface area contributed by atoms with E-state index in [1.807, 2.05) is 29.8 Å². The number of rotatable bonds is 2. The Bertz CT molecular complexity index is 687. The Kier molecular flexibility index (Phi) is 2.81. The monoisotopic (exact) mass is 274 g/mol. The summed E-state index contributed by atoms with van der Waals surface area (Å²) in [5, 5.41) is 5.93. The molecule has 0 atom stereocenters. The Hall–Kier alpha value is -1.79. The normalized spacial score (nSPS) is 10.7. The summed E-state index contributed by atoms with van der Waals surface area (Å²) >= 11 is 3.18. The van der Waals surface area contributed by atoms with Crippen LogP contribution in [-0.4, -0.2) is 15.0 Å². The van der Waals surface area contributed by atoms with Crippen LogP contribution in [0.2, 0.25) is 0 Å². The van der Waals surface area contributed by atoms with Gasteiger partial charge in [0.05, 0.1) is 10.6 Å². The number of aryl methyl sites for hydroxylation is 1. The van der Waals surface area contributed by atoms with Gasteiger partial charge in [0.1, 0.15) is 22.2 Å². The number of anilines is 1. The van der Waals surface area contributed by atoms with Crippen molar-refractivity contribution in [3.05, 3.63) is 34.1 Å². The molecule has 3 aromatic heterocycles. The number of hydrogen-bond acceptors (Lipinski definition) is 6. The van der Waals surface area contributed by atoms with Crippen molar-refractivity contribution in [3.8, 4) is 22.0 Å². The van der Waals surface area contributed by atoms with Crippen LogP contribution in [0.4, 0.5) is 5.82 Å². The molecule has 0 bridgehead atoms. The smallest absolute Gasteiger partial charge is 0.133 e. The quantitative estimate of drug-likeness (QED) is 0.779. The largest absolute Gasteiger partial charge is 0.383 e. The van der Waals surface area contributed by atoms with Crippen LogP contribution in [0.1, 0.15) is 5.01 Å². The zero-order valence-electron chi connectivity index (χ0n) is 9.62. The van der Waals surface area contributed by atoms with Gasteiger partial charge >= 0.3 is 0 Å². The van der Waals surface area contributed by atoms with Gasteiger partial charge in [-0.05, 0) is 19.1 Å². The lowest BCUT2D eigenvalue weighted by Crippen LogP contribution is -1.92. The summed E-state index contributed by atoms with van der Waals surface area (Å²) in [7, 11) is 0. The van der Waals surface area contributed by atoms with Gasteiger partial charge in [-0.1, -0.05) is 0 Å². The van der Waals surface area contributed by atoms with Gasteiger partial charge < -0.3 is 5.73 Å². The summed E-state index contributed by atoms with van der Waals surface area (Å²) in [4.78, 5) is 13.1. The maximum atomic E-state index is 5.85. The maximum Gasteiger partial charge on any atom is 0.133 e. The number of pyridine rings is 1. The molecule has 0 spiro atoms. The molecular weight excluding hydrogens is 264 g/mol. The van der Waals surface area contributed by atoms with Gasteiger partial charge in [-0.2, -0.15) is 0 Å². The van der Waals surface area contributed by atoms with Gasteiger partial charge in [-0.3, -0.25) is 0 Å². The van der Waals surface area contributed by atoms with E-state index in [0.29, 0.717) is 5.82 Å². The highest BCUT2D eigenvalue weighted by Gasteiger charge is 2.11. The van der Waals surface area contributed by atoms with E-state index in [4.69, 9.17) is 5.73 Å². The van der Waals surface area contributed by atoms with Gasteiger partial charge in [0, 0.05) is 17.0 Å². The fraction of sp³-hybridized carbons (Fsp3) is 0.0833. The van der Waals surface area contributed by atoms with E-state index >= 15 is 0 Å². The van der Waals surface area contributed by atoms with Crippen LogP contribution in [0.25, 0.3) is 22.0 Å². The maximum absolute atomic E-state index is 5.85. The third-order valence-corrected chi connectivity index (χ3v) is 4.10. The van der Waals surface area contributed by atoms with Gasteiger partial charge in [-0.15, -0.1) is 22.7 Å². The van der Waals surface area contributed by atoms with E-state index < -0.39 is 0 Å². The Labute approximate surface area is 112 Å². The van der Waals surface area contributed by atoms with E-state index in [1.54, 1.807) is 28.9 Å². The van der Waals surface area contributed by atoms with E-state index in [2.05, 4.69) is 15.0 Å². The highest BCUT2D eigenvalue weighted by atomic mass is 32.1. The van der Waals surface area contributed by atoms with Gasteiger partial charge in [-0.25, -0.2) is 15.0 Å². The van der Waals surface area contributed by atoms with Crippen LogP contribution in [-0.2, 0) is 0 Å². The van der Waals surface area contributed by atoms with Crippen molar-refractivity contribution in [2.45, 2.75) is 6.92 Å². The average molecular weight is 274 g/mol. The first-order chi connectivity index (χ1) is 8.74. The van der Waals surface area contributed by atoms with E-state index in [0.717, 1.165) is 27.0 Å². The number of thiazole rings is 2. The van der Waals surface area contributed by atoms with Gasteiger partial charge in [0.25, 0.3) is 0 Å². The van der Waals surface area contributed by atoms with E-state index in [1.165, 1.54) is 0 Å². The average Bonchev–Trinajstić information content (AvgIpc) is 2.98. The topological polar surface area (TPSA) is 64.7 Å². The van der Waals surface area contributed by atoms with Crippen molar-refractivity contribution in [2.24, 2.45) is 0 Å². The fourth-order valence-electron chi connectivity index (χ4n) is 1.59. The van der Waals surface area contributed by atoms with Crippen molar-refractivity contribution < 1.29 is 0 Å². The second-order valence-corrected chi connectivity index (χ2v) is 5.65. The first-order valence-electron chi connectivity index (χ1n) is 5.33. The van der Waals surface area contributed by atoms with E-state index in [-0.39, 0.29) is 0 Å². The highest BCUT2D eigenvalue weighted by molar-refractivity contribution is 7.13. The predicted octanol–water partition coefficient (Wildman–Crippen LogP) is 3.22. The number of nitrogens with two attached hydrogens (primary N) is 1. The molecule has 2 N–H and O–H groups in total. The number of nitrogen functional groups attached to an aromatic ring is 1. The summed E-state index contributed by atoms with van der Waals surface area (Å²) in [5.41, 5.74) is 8.53. The molecule has 0 fully saturated rings. The Morgan fingerprint density at radius 3 is 2.61 bits per heavy atom. The summed E-state index contributed by atoms with van der Waals surface area (Å²) in [6, 6.07) is 3.79. The molecule has 3 aromatic rings. The van der Waals surface area contributed by atoms with E-state index in [9.17, 15) is 0 Å². The lowest BCUT2D eigenvalue weighted by molar-refractivity contribution is 1.26. The lowest BCUT2D eigenvalue weighted by atomic mass is 10.2. The molecule has 6 heteroatoms. The van der Waals surface area contributed by atoms with Crippen molar-refractivity contribution >= 4 is 28.5 Å². The molecule has 90 valence electrons. The van der Waals surface area contributed by atoms with Crippen LogP contribution in [0.15, 0.2) is 29.1 Å². The molecule has 0 aromatic carbocycles. The van der Waals surface area contributed by atoms with Gasteiger partial charge in [0.15, 0.2) is 0 Å². The molecular formula is C12H10N4S2. The molecule has 0 radical (unpaired) electrons. The lowest BCUT2D eigenvalue weighted by Gasteiger charge is -1.98. The fourth-order valence-corrected chi connectivity index (χ4v) is 3.05. The third kappa shape index (κ3) is 2.00. The molecule has 0 aliphatic carbocycles. The second-order valence-electron chi connectivity index (χ2n) is 3.73. The van der Waals surface area contributed by atoms with Gasteiger partial charge in [0.2, 0.25) is 0 Å². The first-order valence-corrected chi connectivity index (χ1v) is 7.09. The summed E-state index contributed by atoms with van der Waals surface area (Å²) in [6.45, 7) is 1.99. The summed E-state index contributed by atoms with van der Waals surface area (Å²) in [6.07, 6.45) is 1.68. The molecule has 3 heterocycles. The van der Waals surface area contributed by atoms with Crippen molar-refractivity contribution in [1.82, 2.24) is 15.0 Å². The van der Waals surface area contributed by atoms with Crippen LogP contribution >= 0.6 is 22.7 Å². The standard InChI is InChI=1S/C12H10N4S2/c1-7-15-9(5-17-7)10-6-18-12(16-10)8-3-2-4-14-11(8)13/h2-6H,1H3,(H2,13,14). The number of aromatic nitrogens is 3. The SMILES string of the molecule is Cc1nc(-c2csc(-c3cccnc3N)n2)cs1. The second kappa shape index (κ2) is 4.47. The van der Waals surface area contributed by atoms with Crippen LogP contribution < -0.4 is 5.73 Å². The minimum atomic E-state index is 0.507. The molecule has 0 saturated heterocycles. The Balaban J connectivity index is 2.02. The Morgan fingerprint density at radius 1 is 1.11 bits per heavy atom. The molecule has 0 saturated carbocycles. The van der Waals surface area contributed by atoms with Crippen LogP contribution in [0.5, 0.6) is 0 Å². The third-order valence-electron chi connectivity index (χ3n) is 2.45. The molecule has 3 rings (SSSR count). The van der Waals surface area contributed by atoms with Crippen molar-refractivity contribution in [1.29, 1.82) is 0 Å². The van der Waals surface area contributed by atoms with Crippen molar-refractivity contribution in [3.63, 3.8) is 0 Å². The summed E-state index contributed by atoms with van der Waals surface area (Å²) in [5.74, 6) is 0.507. The minimum absolute atomic E-state index is 0.507. The zero-order valence-corrected chi connectivity index (χ0v) is 11.3. The van der Waals surface area contributed by atoms with Crippen LogP contribution in [0.3, 0.4) is 0 Å². The molecule has 0 aliphatic rings. The number of nitrogens with zero attached hydrogens (tertiary/aromatic N) is 3. The van der Waals surface area contributed by atoms with Crippen molar-refractivity contribution in [2.75, 3.05) is 5.73 Å². The number of hydrogen-bond donors (Lipinski definition) is 1. The Morgan fingerprint density at radius 2 is 1.89 bits per heavy atom. The summed E-state index contributed by atoms with van der Waals surface area (Å²) < 4.78 is 0. The van der Waals surface area contributed by atoms with Crippen LogP contribution in [0, 0.1) is 6.92 Å². The molecule has 0 unspecified atom stereocenters. The molecule has 0 amide bonds. The molecule has 0 aliphatic heterocycles. The molecule has 4 nitrogen and oxygen atoms in total. The first kappa shape index (κ1) is 11.3. The molecule has 18 heavy (non-hydrogen) atoms. The zero-order chi connectivity index (χ0) is 12.5. The highest BCUT2D eigenvalue weighted by Crippen LogP contribution is 2.31. The minimum Gasteiger partial charge on any atom is -0.383 e. The predicted molar refractivity (Wildman–Crippen MR) is 75.6 cm³/mol.